The van der Waals surface area contributed by atoms with Crippen molar-refractivity contribution in [3.8, 4) is 5.75 Å². The van der Waals surface area contributed by atoms with Gasteiger partial charge in [-0.05, 0) is 61.6 Å². The highest BCUT2D eigenvalue weighted by Gasteiger charge is 2.40. The minimum absolute atomic E-state index is 0.135. The van der Waals surface area contributed by atoms with Gasteiger partial charge >= 0.3 is 0 Å². The third-order valence-corrected chi connectivity index (χ3v) is 8.35. The predicted octanol–water partition coefficient (Wildman–Crippen LogP) is 8.44. The number of benzene rings is 1. The van der Waals surface area contributed by atoms with E-state index >= 15 is 0 Å². The molecule has 1 aromatic carbocycles. The summed E-state index contributed by atoms with van der Waals surface area (Å²) < 4.78 is 5.99. The second-order valence-electron chi connectivity index (χ2n) is 10.9. The minimum atomic E-state index is -0.386. The molecular formula is C31H48O3. The van der Waals surface area contributed by atoms with Crippen LogP contribution in [0, 0.1) is 17.8 Å². The van der Waals surface area contributed by atoms with Crippen LogP contribution >= 0.6 is 0 Å². The SMILES string of the molecule is CCCCCCCCCOc1ccc(C(C(=O)C2CCC(CC)CC2=O)C2CCCCC2)cc1. The Morgan fingerprint density at radius 2 is 1.56 bits per heavy atom. The van der Waals surface area contributed by atoms with Crippen molar-refractivity contribution in [2.24, 2.45) is 17.8 Å². The first kappa shape index (κ1) is 27.0. The molecule has 3 atom stereocenters. The molecule has 34 heavy (non-hydrogen) atoms. The van der Waals surface area contributed by atoms with E-state index in [0.29, 0.717) is 18.3 Å². The van der Waals surface area contributed by atoms with Crippen molar-refractivity contribution >= 4 is 11.6 Å². The van der Waals surface area contributed by atoms with E-state index in [9.17, 15) is 9.59 Å². The summed E-state index contributed by atoms with van der Waals surface area (Å²) in [6, 6.07) is 8.27. The molecule has 190 valence electrons. The summed E-state index contributed by atoms with van der Waals surface area (Å²) in [7, 11) is 0. The van der Waals surface area contributed by atoms with Crippen molar-refractivity contribution in [3.63, 3.8) is 0 Å². The van der Waals surface area contributed by atoms with Crippen molar-refractivity contribution in [3.05, 3.63) is 29.8 Å². The van der Waals surface area contributed by atoms with Gasteiger partial charge in [0.2, 0.25) is 0 Å². The number of carbonyl (C=O) groups is 2. The first-order valence-electron chi connectivity index (χ1n) is 14.4. The van der Waals surface area contributed by atoms with Gasteiger partial charge in [0.25, 0.3) is 0 Å². The molecule has 3 nitrogen and oxygen atoms in total. The van der Waals surface area contributed by atoms with Gasteiger partial charge in [-0.2, -0.15) is 0 Å². The monoisotopic (exact) mass is 468 g/mol. The van der Waals surface area contributed by atoms with Crippen molar-refractivity contribution in [2.75, 3.05) is 6.61 Å². The molecule has 2 saturated carbocycles. The summed E-state index contributed by atoms with van der Waals surface area (Å²) in [5.41, 5.74) is 1.09. The summed E-state index contributed by atoms with van der Waals surface area (Å²) in [6.07, 6.45) is 18.2. The highest BCUT2D eigenvalue weighted by molar-refractivity contribution is 6.05. The lowest BCUT2D eigenvalue weighted by Gasteiger charge is -2.34. The van der Waals surface area contributed by atoms with Crippen LogP contribution in [0.3, 0.4) is 0 Å². The molecule has 3 heteroatoms. The third-order valence-electron chi connectivity index (χ3n) is 8.35. The highest BCUT2D eigenvalue weighted by Crippen LogP contribution is 2.41. The zero-order valence-corrected chi connectivity index (χ0v) is 21.9. The molecule has 0 aromatic heterocycles. The standard InChI is InChI=1S/C31H48O3/c1-3-5-6-7-8-9-13-22-34-27-19-17-26(18-20-27)30(25-14-11-10-12-15-25)31(33)28-21-16-24(4-2)23-29(28)32/h17-20,24-25,28,30H,3-16,21-23H2,1-2H3. The normalized spacial score (nSPS) is 22.5. The van der Waals surface area contributed by atoms with Crippen LogP contribution in [0.1, 0.15) is 128 Å². The number of ketones is 2. The van der Waals surface area contributed by atoms with Gasteiger partial charge in [0.05, 0.1) is 12.5 Å². The largest absolute Gasteiger partial charge is 0.494 e. The number of unbranched alkanes of at least 4 members (excludes halogenated alkanes) is 6. The number of hydrogen-bond acceptors (Lipinski definition) is 3. The number of carbonyl (C=O) groups excluding carboxylic acids is 2. The molecule has 2 fully saturated rings. The van der Waals surface area contributed by atoms with E-state index in [4.69, 9.17) is 4.74 Å². The molecule has 2 aliphatic rings. The summed E-state index contributed by atoms with van der Waals surface area (Å²) in [5.74, 6) is 1.60. The van der Waals surface area contributed by atoms with Crippen molar-refractivity contribution in [1.82, 2.24) is 0 Å². The average molecular weight is 469 g/mol. The van der Waals surface area contributed by atoms with Gasteiger partial charge in [-0.15, -0.1) is 0 Å². The van der Waals surface area contributed by atoms with Gasteiger partial charge in [-0.3, -0.25) is 9.59 Å². The second-order valence-corrected chi connectivity index (χ2v) is 10.9. The van der Waals surface area contributed by atoms with Crippen LogP contribution < -0.4 is 4.74 Å². The molecule has 2 aliphatic carbocycles. The van der Waals surface area contributed by atoms with Gasteiger partial charge in [-0.1, -0.05) is 90.2 Å². The summed E-state index contributed by atoms with van der Waals surface area (Å²) in [6.45, 7) is 5.17. The number of Topliss-reactive ketones (excluding diaryl/α,β-unsaturated/α-hetero) is 2. The lowest BCUT2D eigenvalue weighted by molar-refractivity contribution is -0.137. The summed E-state index contributed by atoms with van der Waals surface area (Å²) >= 11 is 0. The fraction of sp³-hybridized carbons (Fsp3) is 0.742. The Balaban J connectivity index is 1.58. The van der Waals surface area contributed by atoms with E-state index in [2.05, 4.69) is 26.0 Å². The van der Waals surface area contributed by atoms with Crippen LogP contribution in [-0.2, 0) is 9.59 Å². The van der Waals surface area contributed by atoms with E-state index in [1.165, 1.54) is 57.8 Å². The molecule has 0 saturated heterocycles. The van der Waals surface area contributed by atoms with Crippen molar-refractivity contribution < 1.29 is 14.3 Å². The van der Waals surface area contributed by atoms with Gasteiger partial charge in [-0.25, -0.2) is 0 Å². The van der Waals surface area contributed by atoms with Crippen LogP contribution in [0.2, 0.25) is 0 Å². The molecule has 3 unspecified atom stereocenters. The van der Waals surface area contributed by atoms with Gasteiger partial charge in [0, 0.05) is 12.3 Å². The van der Waals surface area contributed by atoms with E-state index in [1.807, 2.05) is 12.1 Å². The van der Waals surface area contributed by atoms with Crippen molar-refractivity contribution in [2.45, 2.75) is 122 Å². The number of hydrogen-bond donors (Lipinski definition) is 0. The minimum Gasteiger partial charge on any atom is -0.494 e. The number of rotatable bonds is 14. The van der Waals surface area contributed by atoms with Gasteiger partial charge < -0.3 is 4.74 Å². The fourth-order valence-corrected chi connectivity index (χ4v) is 6.12. The zero-order valence-electron chi connectivity index (χ0n) is 21.9. The molecule has 0 radical (unpaired) electrons. The van der Waals surface area contributed by atoms with Gasteiger partial charge in [0.15, 0.2) is 5.78 Å². The maximum atomic E-state index is 13.8. The highest BCUT2D eigenvalue weighted by atomic mass is 16.5. The number of ether oxygens (including phenoxy) is 1. The molecule has 0 heterocycles. The van der Waals surface area contributed by atoms with E-state index in [0.717, 1.165) is 56.4 Å². The fourth-order valence-electron chi connectivity index (χ4n) is 6.12. The summed E-state index contributed by atoms with van der Waals surface area (Å²) in [5, 5.41) is 0. The lowest BCUT2D eigenvalue weighted by Crippen LogP contribution is -2.36. The smallest absolute Gasteiger partial charge is 0.151 e. The third kappa shape index (κ3) is 7.95. The first-order chi connectivity index (χ1) is 16.6. The Hall–Kier alpha value is -1.64. The van der Waals surface area contributed by atoms with E-state index < -0.39 is 0 Å². The molecule has 1 aromatic rings. The maximum absolute atomic E-state index is 13.8. The Morgan fingerprint density at radius 3 is 2.21 bits per heavy atom. The first-order valence-corrected chi connectivity index (χ1v) is 14.4. The predicted molar refractivity (Wildman–Crippen MR) is 140 cm³/mol. The molecule has 0 N–H and O–H groups in total. The molecule has 0 bridgehead atoms. The Kier molecular flexibility index (Phi) is 11.6. The molecule has 0 amide bonds. The van der Waals surface area contributed by atoms with Crippen LogP contribution in [0.15, 0.2) is 24.3 Å². The molecule has 0 spiro atoms. The molecule has 0 aliphatic heterocycles. The Morgan fingerprint density at radius 1 is 0.882 bits per heavy atom. The van der Waals surface area contributed by atoms with Gasteiger partial charge in [0.1, 0.15) is 11.5 Å². The Bertz CT molecular complexity index is 732. The molecular weight excluding hydrogens is 420 g/mol. The quantitative estimate of drug-likeness (QED) is 0.203. The van der Waals surface area contributed by atoms with Crippen LogP contribution in [-0.4, -0.2) is 18.2 Å². The van der Waals surface area contributed by atoms with Crippen LogP contribution in [0.25, 0.3) is 0 Å². The van der Waals surface area contributed by atoms with Crippen molar-refractivity contribution in [1.29, 1.82) is 0 Å². The zero-order chi connectivity index (χ0) is 24.2. The topological polar surface area (TPSA) is 43.4 Å². The summed E-state index contributed by atoms with van der Waals surface area (Å²) in [4.78, 5) is 26.7. The molecule has 3 rings (SSSR count). The van der Waals surface area contributed by atoms with E-state index in [1.54, 1.807) is 0 Å². The average Bonchev–Trinajstić information content (AvgIpc) is 2.87. The van der Waals surface area contributed by atoms with Crippen LogP contribution in [0.5, 0.6) is 5.75 Å². The second kappa shape index (κ2) is 14.7. The lowest BCUT2D eigenvalue weighted by atomic mass is 9.68. The van der Waals surface area contributed by atoms with Crippen LogP contribution in [0.4, 0.5) is 0 Å². The van der Waals surface area contributed by atoms with E-state index in [-0.39, 0.29) is 23.4 Å². The Labute approximate surface area is 208 Å². The maximum Gasteiger partial charge on any atom is 0.151 e.